The van der Waals surface area contributed by atoms with Gasteiger partial charge in [-0.25, -0.2) is 0 Å². The molecule has 0 unspecified atom stereocenters. The normalized spacial score (nSPS) is 12.3. The van der Waals surface area contributed by atoms with Crippen molar-refractivity contribution in [3.05, 3.63) is 0 Å². The van der Waals surface area contributed by atoms with Gasteiger partial charge in [0.25, 0.3) is 0 Å². The number of halogens is 3. The lowest BCUT2D eigenvalue weighted by atomic mass is 10.3. The molecule has 0 aromatic carbocycles. The van der Waals surface area contributed by atoms with E-state index >= 15 is 0 Å². The van der Waals surface area contributed by atoms with Crippen molar-refractivity contribution in [2.75, 3.05) is 5.88 Å². The van der Waals surface area contributed by atoms with Gasteiger partial charge >= 0.3 is 0 Å². The predicted octanol–water partition coefficient (Wildman–Crippen LogP) is 1.43. The molecule has 0 N–H and O–H groups in total. The maximum Gasteiger partial charge on any atom is 0.207 e. The lowest BCUT2D eigenvalue weighted by Gasteiger charge is -2.16. The molecule has 56 valence electrons. The molecule has 0 aliphatic rings. The lowest BCUT2D eigenvalue weighted by Crippen LogP contribution is -2.15. The van der Waals surface area contributed by atoms with E-state index < -0.39 is 4.52 Å². The molecule has 0 saturated carbocycles. The third kappa shape index (κ3) is 5.49. The van der Waals surface area contributed by atoms with Gasteiger partial charge in [-0.1, -0.05) is 23.2 Å². The largest absolute Gasteiger partial charge is 0.399 e. The minimum Gasteiger partial charge on any atom is -0.399 e. The van der Waals surface area contributed by atoms with Gasteiger partial charge in [0, 0.05) is 12.3 Å². The molecule has 9 heavy (non-hydrogen) atoms. The van der Waals surface area contributed by atoms with Gasteiger partial charge in [-0.3, -0.25) is 0 Å². The van der Waals surface area contributed by atoms with E-state index in [0.29, 0.717) is 22.8 Å². The van der Waals surface area contributed by atoms with Crippen molar-refractivity contribution in [3.63, 3.8) is 0 Å². The molecule has 0 radical (unpaired) electrons. The predicted molar refractivity (Wildman–Crippen MR) is 45.4 cm³/mol. The van der Waals surface area contributed by atoms with Crippen molar-refractivity contribution in [2.24, 2.45) is 0 Å². The summed E-state index contributed by atoms with van der Waals surface area (Å²) in [6, 6.07) is 0. The molecule has 0 aromatic rings. The summed E-state index contributed by atoms with van der Waals surface area (Å²) >= 11 is 16.6. The van der Waals surface area contributed by atoms with E-state index in [0.717, 1.165) is 6.42 Å². The van der Waals surface area contributed by atoms with Crippen molar-refractivity contribution in [3.8, 4) is 0 Å². The van der Waals surface area contributed by atoms with Crippen LogP contribution in [0.25, 0.3) is 0 Å². The molecule has 0 fully saturated rings. The fourth-order valence-corrected chi connectivity index (χ4v) is 0.980. The van der Waals surface area contributed by atoms with E-state index in [1.165, 1.54) is 0 Å². The van der Waals surface area contributed by atoms with Crippen LogP contribution in [0.3, 0.4) is 0 Å². The zero-order chi connectivity index (χ0) is 7.33. The van der Waals surface area contributed by atoms with Gasteiger partial charge in [-0.2, -0.15) is 0 Å². The molecule has 0 saturated heterocycles. The Morgan fingerprint density at radius 3 is 2.33 bits per heavy atom. The molecular formula is C4H9Cl3OSi. The van der Waals surface area contributed by atoms with Crippen LogP contribution in [0.15, 0.2) is 0 Å². The molecule has 0 atom stereocenters. The first-order valence-electron chi connectivity index (χ1n) is 2.61. The topological polar surface area (TPSA) is 9.23 Å². The maximum atomic E-state index is 5.62. The fourth-order valence-electron chi connectivity index (χ4n) is 0.375. The number of alkyl halides is 3. The van der Waals surface area contributed by atoms with Crippen LogP contribution in [0.2, 0.25) is 0 Å². The van der Waals surface area contributed by atoms with Crippen molar-refractivity contribution in [1.29, 1.82) is 0 Å². The van der Waals surface area contributed by atoms with Crippen LogP contribution in [-0.4, -0.2) is 20.9 Å². The van der Waals surface area contributed by atoms with Crippen molar-refractivity contribution < 1.29 is 4.43 Å². The molecule has 5 heteroatoms. The quantitative estimate of drug-likeness (QED) is 0.501. The Hall–Kier alpha value is 1.05. The highest BCUT2D eigenvalue weighted by atomic mass is 35.5. The zero-order valence-corrected chi connectivity index (χ0v) is 9.43. The zero-order valence-electron chi connectivity index (χ0n) is 5.16. The second kappa shape index (κ2) is 4.80. The van der Waals surface area contributed by atoms with Crippen LogP contribution < -0.4 is 0 Å². The van der Waals surface area contributed by atoms with Crippen LogP contribution in [0.4, 0.5) is 0 Å². The fraction of sp³-hybridized carbons (Fsp3) is 1.00. The highest BCUT2D eigenvalue weighted by Gasteiger charge is 2.20. The van der Waals surface area contributed by atoms with Gasteiger partial charge < -0.3 is 4.43 Å². The summed E-state index contributed by atoms with van der Waals surface area (Å²) in [5.74, 6) is 0.576. The van der Waals surface area contributed by atoms with Crippen molar-refractivity contribution in [2.45, 2.75) is 17.4 Å². The van der Waals surface area contributed by atoms with E-state index in [9.17, 15) is 0 Å². The minimum absolute atomic E-state index is 0.557. The Morgan fingerprint density at radius 2 is 2.00 bits per heavy atom. The SMILES string of the molecule is [SiH3]OC(Cl)(Cl)CCCCl. The van der Waals surface area contributed by atoms with E-state index in [1.807, 2.05) is 0 Å². The van der Waals surface area contributed by atoms with Crippen LogP contribution >= 0.6 is 34.8 Å². The molecule has 0 bridgehead atoms. The molecular weight excluding hydrogens is 198 g/mol. The highest BCUT2D eigenvalue weighted by Crippen LogP contribution is 2.26. The summed E-state index contributed by atoms with van der Waals surface area (Å²) in [5.41, 5.74) is 0. The number of hydrogen-bond donors (Lipinski definition) is 0. The van der Waals surface area contributed by atoms with Gasteiger partial charge in [-0.05, 0) is 6.42 Å². The summed E-state index contributed by atoms with van der Waals surface area (Å²) in [6.45, 7) is 0. The molecule has 0 rings (SSSR count). The summed E-state index contributed by atoms with van der Waals surface area (Å²) in [4.78, 5) is 0. The molecule has 0 heterocycles. The van der Waals surface area contributed by atoms with Crippen molar-refractivity contribution in [1.82, 2.24) is 0 Å². The minimum atomic E-state index is -0.985. The summed E-state index contributed by atoms with van der Waals surface area (Å²) in [7, 11) is 0.557. The van der Waals surface area contributed by atoms with Crippen LogP contribution in [0.1, 0.15) is 12.8 Å². The Morgan fingerprint density at radius 1 is 1.44 bits per heavy atom. The Labute approximate surface area is 73.2 Å². The van der Waals surface area contributed by atoms with Gasteiger partial charge in [0.1, 0.15) is 10.5 Å². The number of hydrogen-bond acceptors (Lipinski definition) is 1. The summed E-state index contributed by atoms with van der Waals surface area (Å²) in [5, 5.41) is 0. The van der Waals surface area contributed by atoms with Crippen LogP contribution in [-0.2, 0) is 4.43 Å². The highest BCUT2D eigenvalue weighted by molar-refractivity contribution is 6.48. The summed E-state index contributed by atoms with van der Waals surface area (Å²) in [6.07, 6.45) is 1.39. The van der Waals surface area contributed by atoms with E-state index in [-0.39, 0.29) is 0 Å². The third-order valence-electron chi connectivity index (χ3n) is 0.900. The summed E-state index contributed by atoms with van der Waals surface area (Å²) < 4.78 is 3.87. The molecule has 0 aliphatic carbocycles. The molecule has 0 amide bonds. The second-order valence-corrected chi connectivity index (χ2v) is 3.83. The maximum absolute atomic E-state index is 5.62. The van der Waals surface area contributed by atoms with Gasteiger partial charge in [0.2, 0.25) is 4.52 Å². The van der Waals surface area contributed by atoms with Crippen LogP contribution in [0.5, 0.6) is 0 Å². The van der Waals surface area contributed by atoms with Gasteiger partial charge in [0.15, 0.2) is 0 Å². The molecule has 0 aromatic heterocycles. The first kappa shape index (κ1) is 10.0. The third-order valence-corrected chi connectivity index (χ3v) is 3.07. The van der Waals surface area contributed by atoms with Gasteiger partial charge in [0.05, 0.1) is 0 Å². The van der Waals surface area contributed by atoms with Gasteiger partial charge in [-0.15, -0.1) is 11.6 Å². The smallest absolute Gasteiger partial charge is 0.207 e. The standard InChI is InChI=1S/C4H9Cl3OSi/c5-3-1-2-4(6,7)8-9/h1-3H2,9H3. The first-order chi connectivity index (χ1) is 4.12. The Bertz CT molecular complexity index is 78.2. The molecule has 0 spiro atoms. The molecule has 0 aliphatic heterocycles. The van der Waals surface area contributed by atoms with Crippen molar-refractivity contribution >= 4 is 45.3 Å². The monoisotopic (exact) mass is 206 g/mol. The van der Waals surface area contributed by atoms with Crippen LogP contribution in [0, 0.1) is 0 Å². The lowest BCUT2D eigenvalue weighted by molar-refractivity contribution is 0.253. The van der Waals surface area contributed by atoms with E-state index in [2.05, 4.69) is 0 Å². The average Bonchev–Trinajstić information content (AvgIpc) is 1.84. The Balaban J connectivity index is 3.33. The first-order valence-corrected chi connectivity index (χ1v) is 4.72. The Kier molecular flexibility index (Phi) is 5.36. The average molecular weight is 208 g/mol. The second-order valence-electron chi connectivity index (χ2n) is 1.63. The van der Waals surface area contributed by atoms with E-state index in [4.69, 9.17) is 39.2 Å². The molecule has 1 nitrogen and oxygen atoms in total. The number of rotatable bonds is 4. The van der Waals surface area contributed by atoms with E-state index in [1.54, 1.807) is 0 Å².